The summed E-state index contributed by atoms with van der Waals surface area (Å²) in [5.74, 6) is 1.50. The maximum atomic E-state index is 4.56. The Balaban J connectivity index is 0.000000380. The summed E-state index contributed by atoms with van der Waals surface area (Å²) in [5, 5.41) is 8.10. The summed E-state index contributed by atoms with van der Waals surface area (Å²) in [4.78, 5) is 5.60. The van der Waals surface area contributed by atoms with Crippen molar-refractivity contribution in [2.75, 3.05) is 6.26 Å². The molecule has 2 heterocycles. The minimum atomic E-state index is 0.525. The number of rotatable bonds is 12. The Hall–Kier alpha value is -2.79. The number of nitrogens with zero attached hydrogens (tertiary/aromatic N) is 3. The lowest BCUT2D eigenvalue weighted by atomic mass is 9.91. The quantitative estimate of drug-likeness (QED) is 0.199. The molecule has 194 valence electrons. The normalized spacial score (nSPS) is 11.2. The third-order valence-electron chi connectivity index (χ3n) is 6.37. The summed E-state index contributed by atoms with van der Waals surface area (Å²) in [7, 11) is 0. The molecule has 0 saturated heterocycles. The topological polar surface area (TPSA) is 42.7 Å². The van der Waals surface area contributed by atoms with Crippen LogP contribution in [-0.4, -0.2) is 21.0 Å². The molecule has 0 fully saturated rings. The predicted molar refractivity (Wildman–Crippen MR) is 157 cm³/mol. The second-order valence-corrected chi connectivity index (χ2v) is 9.93. The van der Waals surface area contributed by atoms with E-state index in [2.05, 4.69) is 99.3 Å². The third-order valence-corrected chi connectivity index (χ3v) is 7.21. The van der Waals surface area contributed by atoms with E-state index in [9.17, 15) is 0 Å². The Kier molecular flexibility index (Phi) is 13.1. The standard InChI is InChI=1S/C22H32N4.C9H12S/c1-6-9-21(10-7-2)17(3)13-22(26-19(5)18(4)14-25-26)24-16-20-11-8-12-23-15-20;1-3-8-6-4-5-7-9(8)10-2/h8,11-15,21,24H,3,6-7,9-10,16H2,1-2,4-5H3;4-7H,3H2,1-2H3/b22-13-;. The Morgan fingerprint density at radius 3 is 2.31 bits per heavy atom. The van der Waals surface area contributed by atoms with Gasteiger partial charge in [-0.15, -0.1) is 11.8 Å². The molecule has 0 unspecified atom stereocenters. The molecule has 0 amide bonds. The zero-order valence-electron chi connectivity index (χ0n) is 23.1. The van der Waals surface area contributed by atoms with Crippen molar-refractivity contribution in [3.63, 3.8) is 0 Å². The number of allylic oxidation sites excluding steroid dienone is 2. The molecule has 5 heteroatoms. The smallest absolute Gasteiger partial charge is 0.128 e. The zero-order chi connectivity index (χ0) is 26.3. The van der Waals surface area contributed by atoms with E-state index < -0.39 is 0 Å². The van der Waals surface area contributed by atoms with E-state index in [0.717, 1.165) is 23.5 Å². The maximum absolute atomic E-state index is 4.56. The van der Waals surface area contributed by atoms with Gasteiger partial charge in [-0.05, 0) is 85.8 Å². The molecule has 0 atom stereocenters. The maximum Gasteiger partial charge on any atom is 0.128 e. The molecule has 1 N–H and O–H groups in total. The highest BCUT2D eigenvalue weighted by molar-refractivity contribution is 7.98. The molecular formula is C31H44N4S. The molecule has 0 spiro atoms. The number of benzene rings is 1. The van der Waals surface area contributed by atoms with E-state index >= 15 is 0 Å². The summed E-state index contributed by atoms with van der Waals surface area (Å²) < 4.78 is 1.98. The molecule has 4 nitrogen and oxygen atoms in total. The van der Waals surface area contributed by atoms with Gasteiger partial charge in [-0.2, -0.15) is 5.10 Å². The first-order valence-electron chi connectivity index (χ1n) is 13.1. The van der Waals surface area contributed by atoms with Gasteiger partial charge in [-0.25, -0.2) is 4.68 Å². The first-order chi connectivity index (χ1) is 17.4. The van der Waals surface area contributed by atoms with Crippen LogP contribution >= 0.6 is 11.8 Å². The van der Waals surface area contributed by atoms with Crippen LogP contribution in [0.15, 0.2) is 78.1 Å². The highest BCUT2D eigenvalue weighted by Crippen LogP contribution is 2.24. The Labute approximate surface area is 223 Å². The molecule has 0 aliphatic carbocycles. The van der Waals surface area contributed by atoms with Crippen LogP contribution in [0.4, 0.5) is 0 Å². The largest absolute Gasteiger partial charge is 0.366 e. The number of aryl methyl sites for hydroxylation is 2. The van der Waals surface area contributed by atoms with Crippen LogP contribution in [-0.2, 0) is 13.0 Å². The average Bonchev–Trinajstić information content (AvgIpc) is 3.24. The third kappa shape index (κ3) is 9.02. The minimum absolute atomic E-state index is 0.525. The fourth-order valence-corrected chi connectivity index (χ4v) is 4.81. The van der Waals surface area contributed by atoms with Gasteiger partial charge in [0.05, 0.1) is 6.20 Å². The van der Waals surface area contributed by atoms with Crippen molar-refractivity contribution >= 4 is 17.6 Å². The molecular weight excluding hydrogens is 460 g/mol. The summed E-state index contributed by atoms with van der Waals surface area (Å²) >= 11 is 1.82. The van der Waals surface area contributed by atoms with Crippen molar-refractivity contribution < 1.29 is 0 Å². The highest BCUT2D eigenvalue weighted by atomic mass is 32.2. The molecule has 3 rings (SSSR count). The molecule has 1 aromatic carbocycles. The summed E-state index contributed by atoms with van der Waals surface area (Å²) in [5.41, 5.74) is 6.10. The fraction of sp³-hybridized carbons (Fsp3) is 0.419. The van der Waals surface area contributed by atoms with Gasteiger partial charge in [0.2, 0.25) is 0 Å². The lowest BCUT2D eigenvalue weighted by Gasteiger charge is -2.19. The molecule has 0 aliphatic heterocycles. The van der Waals surface area contributed by atoms with Gasteiger partial charge < -0.3 is 5.32 Å². The Morgan fingerprint density at radius 1 is 1.06 bits per heavy atom. The van der Waals surface area contributed by atoms with Crippen LogP contribution in [0.1, 0.15) is 68.8 Å². The lowest BCUT2D eigenvalue weighted by Crippen LogP contribution is -2.20. The van der Waals surface area contributed by atoms with Crippen LogP contribution < -0.4 is 5.32 Å². The number of hydrogen-bond donors (Lipinski definition) is 1. The van der Waals surface area contributed by atoms with Crippen molar-refractivity contribution in [2.45, 2.75) is 78.2 Å². The first-order valence-corrected chi connectivity index (χ1v) is 14.3. The number of aromatic nitrogens is 3. The number of thioether (sulfide) groups is 1. The lowest BCUT2D eigenvalue weighted by molar-refractivity contribution is 0.513. The van der Waals surface area contributed by atoms with Crippen molar-refractivity contribution in [3.05, 3.63) is 95.6 Å². The van der Waals surface area contributed by atoms with Gasteiger partial charge in [0.25, 0.3) is 0 Å². The van der Waals surface area contributed by atoms with Gasteiger partial charge in [-0.3, -0.25) is 4.98 Å². The zero-order valence-corrected chi connectivity index (χ0v) is 23.9. The first kappa shape index (κ1) is 29.4. The molecule has 0 radical (unpaired) electrons. The van der Waals surface area contributed by atoms with Crippen molar-refractivity contribution in [1.29, 1.82) is 0 Å². The van der Waals surface area contributed by atoms with E-state index in [4.69, 9.17) is 0 Å². The molecule has 2 aromatic heterocycles. The van der Waals surface area contributed by atoms with Gasteiger partial charge >= 0.3 is 0 Å². The minimum Gasteiger partial charge on any atom is -0.366 e. The molecule has 0 aliphatic rings. The summed E-state index contributed by atoms with van der Waals surface area (Å²) in [6, 6.07) is 12.6. The van der Waals surface area contributed by atoms with Crippen LogP contribution in [0, 0.1) is 19.8 Å². The number of pyridine rings is 1. The molecule has 0 bridgehead atoms. The van der Waals surface area contributed by atoms with Gasteiger partial charge in [0, 0.05) is 29.5 Å². The number of nitrogens with one attached hydrogen (secondary N) is 1. The monoisotopic (exact) mass is 504 g/mol. The Morgan fingerprint density at radius 2 is 1.78 bits per heavy atom. The fourth-order valence-electron chi connectivity index (χ4n) is 4.12. The van der Waals surface area contributed by atoms with E-state index in [1.165, 1.54) is 47.3 Å². The van der Waals surface area contributed by atoms with Crippen molar-refractivity contribution in [3.8, 4) is 0 Å². The average molecular weight is 505 g/mol. The van der Waals surface area contributed by atoms with Crippen LogP contribution in [0.3, 0.4) is 0 Å². The predicted octanol–water partition coefficient (Wildman–Crippen LogP) is 8.23. The molecule has 0 saturated carbocycles. The van der Waals surface area contributed by atoms with Crippen LogP contribution in [0.25, 0.3) is 5.82 Å². The van der Waals surface area contributed by atoms with Crippen LogP contribution in [0.2, 0.25) is 0 Å². The summed E-state index contributed by atoms with van der Waals surface area (Å²) in [6.07, 6.45) is 15.7. The Bertz CT molecular complexity index is 1060. The van der Waals surface area contributed by atoms with Gasteiger partial charge in [-0.1, -0.05) is 64.5 Å². The van der Waals surface area contributed by atoms with Crippen molar-refractivity contribution in [2.24, 2.45) is 5.92 Å². The number of hydrogen-bond acceptors (Lipinski definition) is 4. The van der Waals surface area contributed by atoms with Crippen molar-refractivity contribution in [1.82, 2.24) is 20.1 Å². The van der Waals surface area contributed by atoms with E-state index in [1.807, 2.05) is 34.9 Å². The van der Waals surface area contributed by atoms with E-state index in [-0.39, 0.29) is 0 Å². The molecule has 3 aromatic rings. The summed E-state index contributed by atoms with van der Waals surface area (Å²) in [6.45, 7) is 15.9. The van der Waals surface area contributed by atoms with E-state index in [0.29, 0.717) is 12.5 Å². The van der Waals surface area contributed by atoms with Crippen LogP contribution in [0.5, 0.6) is 0 Å². The van der Waals surface area contributed by atoms with Gasteiger partial charge in [0.15, 0.2) is 0 Å². The second-order valence-electron chi connectivity index (χ2n) is 9.08. The SMILES string of the molecule is C=C(/C=C(/NCc1cccnc1)n1ncc(C)c1C)C(CCC)CCC.CCc1ccccc1SC. The second kappa shape index (κ2) is 16.1. The molecule has 36 heavy (non-hydrogen) atoms. The highest BCUT2D eigenvalue weighted by Gasteiger charge is 2.13. The van der Waals surface area contributed by atoms with E-state index in [1.54, 1.807) is 6.20 Å². The van der Waals surface area contributed by atoms with Gasteiger partial charge in [0.1, 0.15) is 5.82 Å².